The number of anilines is 1. The van der Waals surface area contributed by atoms with Crippen LogP contribution in [0.15, 0.2) is 47.3 Å². The van der Waals surface area contributed by atoms with Crippen LogP contribution in [-0.2, 0) is 6.54 Å². The van der Waals surface area contributed by atoms with Crippen molar-refractivity contribution < 1.29 is 19.9 Å². The Bertz CT molecular complexity index is 1150. The predicted molar refractivity (Wildman–Crippen MR) is 103 cm³/mol. The summed E-state index contributed by atoms with van der Waals surface area (Å²) in [5, 5.41) is 33.9. The van der Waals surface area contributed by atoms with Gasteiger partial charge in [0.2, 0.25) is 0 Å². The third kappa shape index (κ3) is 3.25. The molecular weight excluding hydrogens is 366 g/mol. The zero-order chi connectivity index (χ0) is 20.4. The number of amides is 1. The average Bonchev–Trinajstić information content (AvgIpc) is 2.66. The second kappa shape index (κ2) is 7.39. The van der Waals surface area contributed by atoms with Crippen molar-refractivity contribution in [1.29, 1.82) is 0 Å². The second-order valence-electron chi connectivity index (χ2n) is 6.11. The van der Waals surface area contributed by atoms with E-state index in [1.54, 1.807) is 24.3 Å². The number of benzene rings is 2. The average molecular weight is 383 g/mol. The van der Waals surface area contributed by atoms with Gasteiger partial charge in [-0.05, 0) is 24.6 Å². The van der Waals surface area contributed by atoms with Gasteiger partial charge >= 0.3 is 0 Å². The molecule has 0 spiro atoms. The molecule has 0 saturated carbocycles. The van der Waals surface area contributed by atoms with Crippen LogP contribution in [0.3, 0.4) is 0 Å². The van der Waals surface area contributed by atoms with E-state index >= 15 is 0 Å². The Balaban J connectivity index is 2.09. The first-order valence-corrected chi connectivity index (χ1v) is 8.48. The van der Waals surface area contributed by atoms with Crippen molar-refractivity contribution in [3.05, 3.63) is 68.5 Å². The number of fused-ring (bicyclic) bond motifs is 1. The largest absolute Gasteiger partial charge is 0.506 e. The van der Waals surface area contributed by atoms with Gasteiger partial charge in [-0.1, -0.05) is 19.1 Å². The third-order valence-corrected chi connectivity index (χ3v) is 4.26. The standard InChI is InChI=1S/C19H17N3O6/c1-2-9-21-14-6-4-3-5-12(14)17(24)16(19(21)26)18(25)20-13-8-7-11(22(27)28)10-15(13)23/h3-8,10,23-24H,2,9H2,1H3,(H,20,25). The number of aromatic nitrogens is 1. The summed E-state index contributed by atoms with van der Waals surface area (Å²) in [6.07, 6.45) is 0.638. The number of rotatable bonds is 5. The minimum absolute atomic E-state index is 0.121. The number of nitrogens with zero attached hydrogens (tertiary/aromatic N) is 2. The predicted octanol–water partition coefficient (Wildman–Crippen LogP) is 2.98. The molecule has 3 N–H and O–H groups in total. The maximum absolute atomic E-state index is 12.8. The van der Waals surface area contributed by atoms with E-state index < -0.39 is 33.5 Å². The summed E-state index contributed by atoms with van der Waals surface area (Å²) in [6.45, 7) is 2.23. The lowest BCUT2D eigenvalue weighted by Gasteiger charge is -2.14. The topological polar surface area (TPSA) is 135 Å². The number of aryl methyl sites for hydroxylation is 1. The molecule has 0 aliphatic heterocycles. The van der Waals surface area contributed by atoms with Crippen LogP contribution in [0, 0.1) is 10.1 Å². The van der Waals surface area contributed by atoms with Gasteiger partial charge in [-0.15, -0.1) is 0 Å². The van der Waals surface area contributed by atoms with Crippen molar-refractivity contribution >= 4 is 28.2 Å². The number of hydrogen-bond acceptors (Lipinski definition) is 6. The van der Waals surface area contributed by atoms with E-state index in [-0.39, 0.29) is 11.4 Å². The summed E-state index contributed by atoms with van der Waals surface area (Å²) in [6, 6.07) is 9.80. The van der Waals surface area contributed by atoms with E-state index in [0.29, 0.717) is 23.9 Å². The Hall–Kier alpha value is -3.88. The van der Waals surface area contributed by atoms with Gasteiger partial charge in [-0.2, -0.15) is 0 Å². The summed E-state index contributed by atoms with van der Waals surface area (Å²) < 4.78 is 1.40. The van der Waals surface area contributed by atoms with Crippen molar-refractivity contribution in [3.63, 3.8) is 0 Å². The number of nitro groups is 1. The monoisotopic (exact) mass is 383 g/mol. The first kappa shape index (κ1) is 18.9. The Morgan fingerprint density at radius 1 is 1.21 bits per heavy atom. The van der Waals surface area contributed by atoms with E-state index in [2.05, 4.69) is 5.32 Å². The number of phenols is 1. The normalized spacial score (nSPS) is 10.8. The van der Waals surface area contributed by atoms with Crippen molar-refractivity contribution in [3.8, 4) is 11.5 Å². The van der Waals surface area contributed by atoms with Crippen LogP contribution in [-0.4, -0.2) is 25.6 Å². The molecule has 0 unspecified atom stereocenters. The van der Waals surface area contributed by atoms with Gasteiger partial charge in [0.1, 0.15) is 17.1 Å². The molecule has 0 bridgehead atoms. The molecule has 0 aliphatic rings. The molecule has 0 aliphatic carbocycles. The number of pyridine rings is 1. The number of hydrogen-bond donors (Lipinski definition) is 3. The highest BCUT2D eigenvalue weighted by molar-refractivity contribution is 6.09. The molecule has 9 nitrogen and oxygen atoms in total. The van der Waals surface area contributed by atoms with Gasteiger partial charge in [0, 0.05) is 18.0 Å². The fraction of sp³-hybridized carbons (Fsp3) is 0.158. The number of carbonyl (C=O) groups excluding carboxylic acids is 1. The Morgan fingerprint density at radius 3 is 2.57 bits per heavy atom. The Labute approximate surface area is 158 Å². The van der Waals surface area contributed by atoms with Crippen molar-refractivity contribution in [1.82, 2.24) is 4.57 Å². The van der Waals surface area contributed by atoms with Gasteiger partial charge in [0.15, 0.2) is 0 Å². The summed E-state index contributed by atoms with van der Waals surface area (Å²) in [4.78, 5) is 35.6. The van der Waals surface area contributed by atoms with E-state index in [9.17, 15) is 29.9 Å². The van der Waals surface area contributed by atoms with Crippen LogP contribution < -0.4 is 10.9 Å². The molecule has 144 valence electrons. The molecule has 0 atom stereocenters. The van der Waals surface area contributed by atoms with Gasteiger partial charge < -0.3 is 20.1 Å². The summed E-state index contributed by atoms with van der Waals surface area (Å²) in [5.41, 5.74) is -1.11. The van der Waals surface area contributed by atoms with E-state index in [0.717, 1.165) is 18.2 Å². The van der Waals surface area contributed by atoms with Gasteiger partial charge in [-0.25, -0.2) is 0 Å². The molecule has 0 radical (unpaired) electrons. The number of non-ortho nitro benzene ring substituents is 1. The third-order valence-electron chi connectivity index (χ3n) is 4.26. The summed E-state index contributed by atoms with van der Waals surface area (Å²) >= 11 is 0. The van der Waals surface area contributed by atoms with E-state index in [1.165, 1.54) is 4.57 Å². The minimum Gasteiger partial charge on any atom is -0.506 e. The number of para-hydroxylation sites is 1. The first-order chi connectivity index (χ1) is 13.3. The molecule has 1 aromatic heterocycles. The van der Waals surface area contributed by atoms with Crippen LogP contribution in [0.2, 0.25) is 0 Å². The number of phenolic OH excluding ortho intramolecular Hbond substituents is 1. The number of carbonyl (C=O) groups is 1. The van der Waals surface area contributed by atoms with Gasteiger partial charge in [0.05, 0.1) is 22.2 Å². The maximum Gasteiger partial charge on any atom is 0.273 e. The molecule has 1 heterocycles. The van der Waals surface area contributed by atoms with E-state index in [4.69, 9.17) is 0 Å². The smallest absolute Gasteiger partial charge is 0.273 e. The van der Waals surface area contributed by atoms with Crippen LogP contribution in [0.5, 0.6) is 11.5 Å². The molecule has 3 rings (SSSR count). The van der Waals surface area contributed by atoms with Gasteiger partial charge in [-0.3, -0.25) is 19.7 Å². The van der Waals surface area contributed by atoms with E-state index in [1.807, 2.05) is 6.92 Å². The van der Waals surface area contributed by atoms with Crippen LogP contribution in [0.4, 0.5) is 11.4 Å². The molecule has 0 fully saturated rings. The molecule has 3 aromatic rings. The fourth-order valence-electron chi connectivity index (χ4n) is 2.96. The lowest BCUT2D eigenvalue weighted by Crippen LogP contribution is -2.29. The second-order valence-corrected chi connectivity index (χ2v) is 6.11. The lowest BCUT2D eigenvalue weighted by molar-refractivity contribution is -0.384. The van der Waals surface area contributed by atoms with Crippen LogP contribution in [0.1, 0.15) is 23.7 Å². The number of aromatic hydroxyl groups is 2. The lowest BCUT2D eigenvalue weighted by atomic mass is 10.1. The zero-order valence-corrected chi connectivity index (χ0v) is 14.9. The molecule has 0 saturated heterocycles. The van der Waals surface area contributed by atoms with Crippen LogP contribution in [0.25, 0.3) is 10.9 Å². The van der Waals surface area contributed by atoms with Crippen molar-refractivity contribution in [2.75, 3.05) is 5.32 Å². The number of nitro benzene ring substituents is 1. The van der Waals surface area contributed by atoms with Crippen molar-refractivity contribution in [2.24, 2.45) is 0 Å². The van der Waals surface area contributed by atoms with Gasteiger partial charge in [0.25, 0.3) is 17.2 Å². The molecule has 28 heavy (non-hydrogen) atoms. The highest BCUT2D eigenvalue weighted by atomic mass is 16.6. The van der Waals surface area contributed by atoms with Crippen LogP contribution >= 0.6 is 0 Å². The molecular formula is C19H17N3O6. The summed E-state index contributed by atoms with van der Waals surface area (Å²) in [7, 11) is 0. The quantitative estimate of drug-likeness (QED) is 0.352. The molecule has 1 amide bonds. The minimum atomic E-state index is -0.928. The van der Waals surface area contributed by atoms with Crippen molar-refractivity contribution in [2.45, 2.75) is 19.9 Å². The molecule has 9 heteroatoms. The zero-order valence-electron chi connectivity index (χ0n) is 14.9. The summed E-state index contributed by atoms with van der Waals surface area (Å²) in [5.74, 6) is -1.93. The maximum atomic E-state index is 12.8. The Kier molecular flexibility index (Phi) is 4.99. The highest BCUT2D eigenvalue weighted by Crippen LogP contribution is 2.30. The Morgan fingerprint density at radius 2 is 1.93 bits per heavy atom. The number of nitrogens with one attached hydrogen (secondary N) is 1. The fourth-order valence-corrected chi connectivity index (χ4v) is 2.96. The highest BCUT2D eigenvalue weighted by Gasteiger charge is 2.23. The first-order valence-electron chi connectivity index (χ1n) is 8.48. The molecule has 2 aromatic carbocycles. The SMILES string of the molecule is CCCn1c(=O)c(C(=O)Nc2ccc([N+](=O)[O-])cc2O)c(O)c2ccccc21.